The number of nitrogens with one attached hydrogen (secondary N) is 1. The Balaban J connectivity index is 0.694. The number of rotatable bonds is 9. The first-order chi connectivity index (χ1) is 32.4. The largest absolute Gasteiger partial charge is 0.397 e. The van der Waals surface area contributed by atoms with Crippen LogP contribution in [-0.2, 0) is 30.2 Å². The molecule has 3 atom stereocenters. The number of piperidine rings is 3. The molecule has 15 heteroatoms. The molecule has 8 heterocycles. The molecule has 15 nitrogen and oxygen atoms in total. The van der Waals surface area contributed by atoms with E-state index in [2.05, 4.69) is 80.6 Å². The van der Waals surface area contributed by atoms with Gasteiger partial charge in [-0.2, -0.15) is 0 Å². The third kappa shape index (κ3) is 8.70. The van der Waals surface area contributed by atoms with E-state index < -0.39 is 11.9 Å². The van der Waals surface area contributed by atoms with Crippen LogP contribution in [0.2, 0.25) is 0 Å². The zero-order chi connectivity index (χ0) is 46.5. The standard InChI is InChI=1S/C52H61N11O4/c1-33-30-59(31-36-5-12-44-47(27-36)58(4)52(67)63(44)45-13-14-48(64)56-50(45)65)25-26-62(33)32-35-16-21-61(22-17-35)51(66)39-8-6-37(7-9-39)38-18-23-60(24-19-38)34(2)46-28-42-41(15-20-54-49(42)57(46)3)43-11-10-40(53)29-55-43/h5-12,15,20,27-29,32-35,38,45H,13-14,16-19,21-26,30-31H2,1-4H3,(H2-,53,54,56,64,65)/p+1/t33?,34-,45?/m0/s1. The molecule has 2 unspecified atom stereocenters. The number of benzene rings is 2. The van der Waals surface area contributed by atoms with Crippen LogP contribution >= 0.6 is 0 Å². The summed E-state index contributed by atoms with van der Waals surface area (Å²) in [5, 5.41) is 3.48. The number of aryl methyl sites for hydroxylation is 2. The van der Waals surface area contributed by atoms with Crippen molar-refractivity contribution in [3.05, 3.63) is 112 Å². The first-order valence-electron chi connectivity index (χ1n) is 24.1. The van der Waals surface area contributed by atoms with Crippen molar-refractivity contribution in [2.45, 2.75) is 83.0 Å². The lowest BCUT2D eigenvalue weighted by Gasteiger charge is -2.36. The highest BCUT2D eigenvalue weighted by atomic mass is 16.2. The maximum absolute atomic E-state index is 13.7. The highest BCUT2D eigenvalue weighted by Gasteiger charge is 2.33. The Morgan fingerprint density at radius 3 is 2.37 bits per heavy atom. The number of carbonyl (C=O) groups is 3. The van der Waals surface area contributed by atoms with E-state index in [4.69, 9.17) is 10.7 Å². The molecule has 4 aliphatic heterocycles. The van der Waals surface area contributed by atoms with Crippen molar-refractivity contribution in [2.75, 3.05) is 51.5 Å². The van der Waals surface area contributed by atoms with Gasteiger partial charge in [-0.3, -0.25) is 43.6 Å². The Hall–Kier alpha value is -6.45. The summed E-state index contributed by atoms with van der Waals surface area (Å²) in [5.41, 5.74) is 15.2. The first-order valence-corrected chi connectivity index (χ1v) is 24.1. The summed E-state index contributed by atoms with van der Waals surface area (Å²) < 4.78 is 7.85. The molecular formula is C52H62N11O4+. The Morgan fingerprint density at radius 1 is 0.881 bits per heavy atom. The second-order valence-electron chi connectivity index (χ2n) is 19.4. The minimum Gasteiger partial charge on any atom is -0.397 e. The molecule has 4 fully saturated rings. The van der Waals surface area contributed by atoms with Gasteiger partial charge in [-0.15, -0.1) is 0 Å². The average molecular weight is 905 g/mol. The lowest BCUT2D eigenvalue weighted by molar-refractivity contribution is -0.572. The molecule has 3 N–H and O–H groups in total. The molecule has 0 aliphatic carbocycles. The minimum atomic E-state index is -0.691. The summed E-state index contributed by atoms with van der Waals surface area (Å²) in [5.74, 6) is 0.311. The Morgan fingerprint density at radius 2 is 1.66 bits per heavy atom. The first kappa shape index (κ1) is 44.4. The van der Waals surface area contributed by atoms with Crippen molar-refractivity contribution in [3.8, 4) is 11.3 Å². The van der Waals surface area contributed by atoms with Gasteiger partial charge in [0.2, 0.25) is 11.8 Å². The van der Waals surface area contributed by atoms with Gasteiger partial charge in [0.05, 0.1) is 41.7 Å². The van der Waals surface area contributed by atoms with Crippen LogP contribution in [0.25, 0.3) is 33.3 Å². The number of carbonyl (C=O) groups excluding carboxylic acids is 3. The second-order valence-corrected chi connectivity index (χ2v) is 19.4. The molecule has 3 amide bonds. The zero-order valence-corrected chi connectivity index (χ0v) is 39.1. The normalized spacial score (nSPS) is 21.7. The number of nitrogen functional groups attached to an aromatic ring is 1. The summed E-state index contributed by atoms with van der Waals surface area (Å²) in [7, 11) is 3.84. The van der Waals surface area contributed by atoms with E-state index in [0.29, 0.717) is 35.5 Å². The van der Waals surface area contributed by atoms with E-state index in [-0.39, 0.29) is 30.0 Å². The van der Waals surface area contributed by atoms with Crippen LogP contribution < -0.4 is 16.7 Å². The van der Waals surface area contributed by atoms with E-state index in [0.717, 1.165) is 117 Å². The van der Waals surface area contributed by atoms with Crippen LogP contribution in [0.1, 0.15) is 97.6 Å². The summed E-state index contributed by atoms with van der Waals surface area (Å²) in [6, 6.07) is 22.5. The highest BCUT2D eigenvalue weighted by molar-refractivity contribution is 6.00. The third-order valence-electron chi connectivity index (χ3n) is 15.2. The van der Waals surface area contributed by atoms with Crippen molar-refractivity contribution < 1.29 is 19.0 Å². The van der Waals surface area contributed by atoms with Crippen molar-refractivity contribution >= 4 is 51.7 Å². The van der Waals surface area contributed by atoms with Crippen molar-refractivity contribution in [3.63, 3.8) is 0 Å². The van der Waals surface area contributed by atoms with E-state index in [1.54, 1.807) is 17.8 Å². The van der Waals surface area contributed by atoms with Gasteiger partial charge in [-0.1, -0.05) is 18.2 Å². The molecule has 0 radical (unpaired) electrons. The van der Waals surface area contributed by atoms with Gasteiger partial charge < -0.3 is 15.2 Å². The number of amides is 3. The highest BCUT2D eigenvalue weighted by Crippen LogP contribution is 2.36. The number of hydrogen-bond donors (Lipinski definition) is 2. The molecule has 4 aromatic heterocycles. The van der Waals surface area contributed by atoms with Crippen molar-refractivity contribution in [1.29, 1.82) is 0 Å². The fourth-order valence-electron chi connectivity index (χ4n) is 11.2. The lowest BCUT2D eigenvalue weighted by atomic mass is 9.88. The van der Waals surface area contributed by atoms with Gasteiger partial charge in [0, 0.05) is 80.5 Å². The number of nitrogens with two attached hydrogens (primary N) is 1. The number of piperazine rings is 1. The van der Waals surface area contributed by atoms with Gasteiger partial charge in [0.25, 0.3) is 5.91 Å². The van der Waals surface area contributed by atoms with Crippen LogP contribution in [0.15, 0.2) is 83.9 Å². The fraction of sp³-hybridized carbons (Fsp3) is 0.442. The number of nitrogens with zero attached hydrogens (tertiary/aromatic N) is 9. The van der Waals surface area contributed by atoms with Crippen LogP contribution in [-0.4, -0.2) is 119 Å². The van der Waals surface area contributed by atoms with Crippen LogP contribution in [0.3, 0.4) is 0 Å². The van der Waals surface area contributed by atoms with Crippen molar-refractivity contribution in [2.24, 2.45) is 20.0 Å². The Kier molecular flexibility index (Phi) is 12.1. The summed E-state index contributed by atoms with van der Waals surface area (Å²) in [4.78, 5) is 67.7. The van der Waals surface area contributed by atoms with Crippen LogP contribution in [0, 0.1) is 5.92 Å². The predicted molar refractivity (Wildman–Crippen MR) is 260 cm³/mol. The van der Waals surface area contributed by atoms with E-state index >= 15 is 0 Å². The maximum atomic E-state index is 13.7. The molecule has 0 bridgehead atoms. The van der Waals surface area contributed by atoms with E-state index in [9.17, 15) is 19.2 Å². The molecule has 6 aromatic rings. The number of hydrogen-bond acceptors (Lipinski definition) is 9. The number of fused-ring (bicyclic) bond motifs is 2. The molecule has 67 heavy (non-hydrogen) atoms. The smallest absolute Gasteiger partial charge is 0.329 e. The zero-order valence-electron chi connectivity index (χ0n) is 39.1. The van der Waals surface area contributed by atoms with Gasteiger partial charge >= 0.3 is 5.69 Å². The Bertz CT molecular complexity index is 2930. The van der Waals surface area contributed by atoms with Gasteiger partial charge in [-0.25, -0.2) is 14.4 Å². The van der Waals surface area contributed by atoms with Gasteiger partial charge in [-0.05, 0) is 125 Å². The summed E-state index contributed by atoms with van der Waals surface area (Å²) in [6.07, 6.45) is 10.6. The molecule has 2 aromatic carbocycles. The second kappa shape index (κ2) is 18.3. The number of likely N-dealkylation sites (tertiary alicyclic amines) is 2. The van der Waals surface area contributed by atoms with Gasteiger partial charge in [0.15, 0.2) is 12.6 Å². The quantitative estimate of drug-likeness (QED) is 0.139. The molecule has 0 saturated carbocycles. The molecule has 10 rings (SSSR count). The third-order valence-corrected chi connectivity index (χ3v) is 15.2. The topological polar surface area (TPSA) is 160 Å². The number of aromatic nitrogens is 5. The minimum absolute atomic E-state index is 0.126. The van der Waals surface area contributed by atoms with Crippen molar-refractivity contribution in [1.82, 2.24) is 43.7 Å². The lowest BCUT2D eigenvalue weighted by Crippen LogP contribution is -2.48. The fourth-order valence-corrected chi connectivity index (χ4v) is 11.2. The monoisotopic (exact) mass is 904 g/mol. The molecule has 4 aliphatic rings. The number of imidazole rings is 1. The number of anilines is 1. The van der Waals surface area contributed by atoms with Gasteiger partial charge in [0.1, 0.15) is 17.9 Å². The maximum Gasteiger partial charge on any atom is 0.329 e. The average Bonchev–Trinajstić information content (AvgIpc) is 3.81. The predicted octanol–water partition coefficient (Wildman–Crippen LogP) is 5.63. The van der Waals surface area contributed by atoms with Crippen LogP contribution in [0.5, 0.6) is 0 Å². The summed E-state index contributed by atoms with van der Waals surface area (Å²) >= 11 is 0. The van der Waals surface area contributed by atoms with Crippen LogP contribution in [0.4, 0.5) is 5.69 Å². The van der Waals surface area contributed by atoms with E-state index in [1.165, 1.54) is 15.8 Å². The number of pyridine rings is 2. The molecular weight excluding hydrogens is 843 g/mol. The molecule has 0 spiro atoms. The SMILES string of the molecule is CC1CN(Cc2ccc3c(c2)n(C)c(=O)n3C2CCC(=O)NC2=O)CC[N+]1=CC1CCN(C(=O)c2ccc(C3CCN([C@@H](C)c4cc5c(-c6ccc(N)cn6)ccnc5n4C)CC3)cc2)CC1. The Labute approximate surface area is 390 Å². The number of imide groups is 1. The molecule has 4 saturated heterocycles. The summed E-state index contributed by atoms with van der Waals surface area (Å²) in [6.45, 7) is 11.6. The van der Waals surface area contributed by atoms with E-state index in [1.807, 2.05) is 53.6 Å². The molecule has 348 valence electrons.